The number of nitro benzene ring substituents is 1. The fraction of sp³-hybridized carbons (Fsp3) is 0.188. The Labute approximate surface area is 132 Å². The topological polar surface area (TPSA) is 69.4 Å². The zero-order valence-corrected chi connectivity index (χ0v) is 12.8. The number of carbonyl (C=O) groups excluding carboxylic acids is 1. The van der Waals surface area contributed by atoms with Crippen LogP contribution in [0.4, 0.5) is 5.69 Å². The molecular weight excluding hydrogens is 306 g/mol. The van der Waals surface area contributed by atoms with Gasteiger partial charge in [0.15, 0.2) is 5.78 Å². The normalized spacial score (nSPS) is 10.5. The molecule has 2 aromatic carbocycles. The molecule has 0 aliphatic heterocycles. The smallest absolute Gasteiger partial charge is 0.270 e. The summed E-state index contributed by atoms with van der Waals surface area (Å²) in [7, 11) is 0. The Kier molecular flexibility index (Phi) is 4.78. The zero-order valence-electron chi connectivity index (χ0n) is 12.1. The van der Waals surface area contributed by atoms with E-state index in [4.69, 9.17) is 16.3 Å². The van der Waals surface area contributed by atoms with Crippen LogP contribution < -0.4 is 4.74 Å². The van der Waals surface area contributed by atoms with Crippen molar-refractivity contribution in [2.45, 2.75) is 20.0 Å². The molecule has 0 unspecified atom stereocenters. The van der Waals surface area contributed by atoms with Crippen LogP contribution in [0.2, 0.25) is 5.02 Å². The highest BCUT2D eigenvalue weighted by Gasteiger charge is 2.16. The maximum atomic E-state index is 12.4. The number of nitrogens with zero attached hydrogens (tertiary/aromatic N) is 1. The molecule has 114 valence electrons. The van der Waals surface area contributed by atoms with E-state index in [1.54, 1.807) is 24.3 Å². The lowest BCUT2D eigenvalue weighted by Gasteiger charge is -2.10. The lowest BCUT2D eigenvalue weighted by Crippen LogP contribution is -2.06. The van der Waals surface area contributed by atoms with Gasteiger partial charge in [-0.1, -0.05) is 11.6 Å². The number of benzene rings is 2. The van der Waals surface area contributed by atoms with E-state index in [-0.39, 0.29) is 28.2 Å². The van der Waals surface area contributed by atoms with Gasteiger partial charge in [-0.2, -0.15) is 0 Å². The molecule has 0 aliphatic carbocycles. The van der Waals surface area contributed by atoms with Crippen molar-refractivity contribution < 1.29 is 14.5 Å². The number of rotatable bonds is 5. The molecule has 0 atom stereocenters. The number of ketones is 1. The molecule has 0 saturated heterocycles. The van der Waals surface area contributed by atoms with Gasteiger partial charge in [-0.25, -0.2) is 0 Å². The van der Waals surface area contributed by atoms with Crippen LogP contribution in [0, 0.1) is 10.1 Å². The van der Waals surface area contributed by atoms with Crippen molar-refractivity contribution in [1.82, 2.24) is 0 Å². The van der Waals surface area contributed by atoms with E-state index < -0.39 is 4.92 Å². The summed E-state index contributed by atoms with van der Waals surface area (Å²) >= 11 is 5.97. The molecular formula is C16H14ClNO4. The summed E-state index contributed by atoms with van der Waals surface area (Å²) in [5.41, 5.74) is 0.513. The third kappa shape index (κ3) is 3.62. The van der Waals surface area contributed by atoms with Gasteiger partial charge >= 0.3 is 0 Å². The van der Waals surface area contributed by atoms with Gasteiger partial charge in [0, 0.05) is 23.3 Å². The first-order valence-electron chi connectivity index (χ1n) is 6.64. The summed E-state index contributed by atoms with van der Waals surface area (Å²) in [5.74, 6) is 0.373. The van der Waals surface area contributed by atoms with Crippen LogP contribution in [-0.2, 0) is 0 Å². The quantitative estimate of drug-likeness (QED) is 0.469. The number of halogens is 1. The van der Waals surface area contributed by atoms with Gasteiger partial charge in [0.05, 0.1) is 16.0 Å². The molecule has 0 fully saturated rings. The molecule has 0 amide bonds. The molecule has 2 aromatic rings. The molecule has 0 N–H and O–H groups in total. The van der Waals surface area contributed by atoms with Crippen molar-refractivity contribution in [3.05, 3.63) is 68.7 Å². The lowest BCUT2D eigenvalue weighted by molar-refractivity contribution is -0.384. The minimum atomic E-state index is -0.557. The monoisotopic (exact) mass is 319 g/mol. The molecule has 6 heteroatoms. The summed E-state index contributed by atoms with van der Waals surface area (Å²) in [6, 6.07) is 10.5. The second-order valence-electron chi connectivity index (χ2n) is 4.94. The molecule has 5 nitrogen and oxygen atoms in total. The van der Waals surface area contributed by atoms with Crippen LogP contribution in [0.25, 0.3) is 0 Å². The zero-order chi connectivity index (χ0) is 16.3. The van der Waals surface area contributed by atoms with Crippen LogP contribution in [0.5, 0.6) is 5.75 Å². The molecule has 0 aromatic heterocycles. The van der Waals surface area contributed by atoms with Gasteiger partial charge in [0.1, 0.15) is 5.75 Å². The standard InChI is InChI=1S/C16H14ClNO4/c1-10(2)22-13-6-3-11(4-7-13)16(19)14-8-5-12(18(20)21)9-15(14)17/h3-10H,1-2H3. The molecule has 0 aliphatic rings. The van der Waals surface area contributed by atoms with E-state index in [1.807, 2.05) is 13.8 Å². The Balaban J connectivity index is 2.26. The van der Waals surface area contributed by atoms with E-state index >= 15 is 0 Å². The van der Waals surface area contributed by atoms with Crippen molar-refractivity contribution in [2.24, 2.45) is 0 Å². The number of carbonyl (C=O) groups is 1. The van der Waals surface area contributed by atoms with E-state index in [0.717, 1.165) is 0 Å². The average Bonchev–Trinajstić information content (AvgIpc) is 2.46. The highest BCUT2D eigenvalue weighted by Crippen LogP contribution is 2.25. The van der Waals surface area contributed by atoms with Gasteiger partial charge in [0.2, 0.25) is 0 Å². The first-order chi connectivity index (χ1) is 10.4. The highest BCUT2D eigenvalue weighted by molar-refractivity contribution is 6.35. The predicted octanol–water partition coefficient (Wildman–Crippen LogP) is 4.27. The minimum Gasteiger partial charge on any atom is -0.491 e. The fourth-order valence-corrected chi connectivity index (χ4v) is 2.17. The Bertz CT molecular complexity index is 711. The summed E-state index contributed by atoms with van der Waals surface area (Å²) in [6.45, 7) is 3.82. The van der Waals surface area contributed by atoms with Crippen LogP contribution >= 0.6 is 11.6 Å². The van der Waals surface area contributed by atoms with Gasteiger partial charge in [0.25, 0.3) is 5.69 Å². The third-order valence-corrected chi connectivity index (χ3v) is 3.21. The van der Waals surface area contributed by atoms with E-state index in [1.165, 1.54) is 18.2 Å². The maximum Gasteiger partial charge on any atom is 0.270 e. The number of ether oxygens (including phenoxy) is 1. The van der Waals surface area contributed by atoms with Crippen LogP contribution in [0.15, 0.2) is 42.5 Å². The highest BCUT2D eigenvalue weighted by atomic mass is 35.5. The first kappa shape index (κ1) is 16.0. The Morgan fingerprint density at radius 1 is 1.18 bits per heavy atom. The van der Waals surface area contributed by atoms with Crippen molar-refractivity contribution in [3.63, 3.8) is 0 Å². The average molecular weight is 320 g/mol. The van der Waals surface area contributed by atoms with E-state index in [9.17, 15) is 14.9 Å². The van der Waals surface area contributed by atoms with Crippen LogP contribution in [-0.4, -0.2) is 16.8 Å². The molecule has 0 heterocycles. The summed E-state index contributed by atoms with van der Waals surface area (Å²) in [5, 5.41) is 10.7. The first-order valence-corrected chi connectivity index (χ1v) is 7.01. The molecule has 2 rings (SSSR count). The summed E-state index contributed by atoms with van der Waals surface area (Å²) in [4.78, 5) is 22.5. The minimum absolute atomic E-state index is 0.0469. The summed E-state index contributed by atoms with van der Waals surface area (Å²) in [6.07, 6.45) is 0.0469. The second kappa shape index (κ2) is 6.58. The molecule has 0 radical (unpaired) electrons. The third-order valence-electron chi connectivity index (χ3n) is 2.90. The van der Waals surface area contributed by atoms with Gasteiger partial charge < -0.3 is 4.74 Å². The second-order valence-corrected chi connectivity index (χ2v) is 5.35. The largest absolute Gasteiger partial charge is 0.491 e. The maximum absolute atomic E-state index is 12.4. The SMILES string of the molecule is CC(C)Oc1ccc(C(=O)c2ccc([N+](=O)[O-])cc2Cl)cc1. The van der Waals surface area contributed by atoms with E-state index in [2.05, 4.69) is 0 Å². The van der Waals surface area contributed by atoms with Crippen molar-refractivity contribution in [1.29, 1.82) is 0 Å². The molecule has 22 heavy (non-hydrogen) atoms. The van der Waals surface area contributed by atoms with Gasteiger partial charge in [-0.15, -0.1) is 0 Å². The Morgan fingerprint density at radius 3 is 2.32 bits per heavy atom. The number of hydrogen-bond acceptors (Lipinski definition) is 4. The van der Waals surface area contributed by atoms with Crippen LogP contribution in [0.3, 0.4) is 0 Å². The van der Waals surface area contributed by atoms with Gasteiger partial charge in [-0.05, 0) is 44.2 Å². The van der Waals surface area contributed by atoms with Crippen molar-refractivity contribution in [2.75, 3.05) is 0 Å². The number of nitro groups is 1. The van der Waals surface area contributed by atoms with E-state index in [0.29, 0.717) is 11.3 Å². The molecule has 0 spiro atoms. The molecule has 0 saturated carbocycles. The van der Waals surface area contributed by atoms with Crippen molar-refractivity contribution in [3.8, 4) is 5.75 Å². The summed E-state index contributed by atoms with van der Waals surface area (Å²) < 4.78 is 5.51. The van der Waals surface area contributed by atoms with Crippen LogP contribution in [0.1, 0.15) is 29.8 Å². The van der Waals surface area contributed by atoms with Crippen molar-refractivity contribution >= 4 is 23.1 Å². The van der Waals surface area contributed by atoms with Gasteiger partial charge in [-0.3, -0.25) is 14.9 Å². The number of non-ortho nitro benzene ring substituents is 1. The fourth-order valence-electron chi connectivity index (χ4n) is 1.91. The Morgan fingerprint density at radius 2 is 1.82 bits per heavy atom. The molecule has 0 bridgehead atoms. The predicted molar refractivity (Wildman–Crippen MR) is 83.7 cm³/mol. The number of hydrogen-bond donors (Lipinski definition) is 0. The lowest BCUT2D eigenvalue weighted by atomic mass is 10.0. The Hall–Kier alpha value is -2.40.